The fourth-order valence-electron chi connectivity index (χ4n) is 2.35. The number of fused-ring (bicyclic) bond motifs is 2. The molecule has 2 rings (SSSR count). The number of hydrogen-bond donors (Lipinski definition) is 0. The van der Waals surface area contributed by atoms with Crippen molar-refractivity contribution >= 4 is 0 Å². The molecule has 0 saturated heterocycles. The zero-order valence-corrected chi connectivity index (χ0v) is 7.23. The van der Waals surface area contributed by atoms with E-state index in [0.717, 1.165) is 24.3 Å². The minimum atomic E-state index is -5.28. The standard InChI is InChI=1S/C9H6F6/c10-8(11,12)7(9(13,14)15)5-1-2-6(7)4-3-5/h1-6H. The van der Waals surface area contributed by atoms with Gasteiger partial charge in [-0.2, -0.15) is 26.3 Å². The van der Waals surface area contributed by atoms with Crippen molar-refractivity contribution in [1.29, 1.82) is 0 Å². The van der Waals surface area contributed by atoms with Gasteiger partial charge in [-0.25, -0.2) is 0 Å². The maximum absolute atomic E-state index is 12.7. The van der Waals surface area contributed by atoms with Gasteiger partial charge < -0.3 is 0 Å². The van der Waals surface area contributed by atoms with E-state index in [2.05, 4.69) is 0 Å². The van der Waals surface area contributed by atoms with E-state index in [9.17, 15) is 26.3 Å². The lowest BCUT2D eigenvalue weighted by molar-refractivity contribution is -0.352. The van der Waals surface area contributed by atoms with Crippen LogP contribution in [0, 0.1) is 17.3 Å². The maximum atomic E-state index is 12.7. The average Bonchev–Trinajstić information content (AvgIpc) is 2.54. The van der Waals surface area contributed by atoms with Crippen molar-refractivity contribution in [3.63, 3.8) is 0 Å². The summed E-state index contributed by atoms with van der Waals surface area (Å²) in [5.41, 5.74) is -3.62. The molecule has 0 atom stereocenters. The minimum absolute atomic E-state index is 0.978. The second kappa shape index (κ2) is 2.59. The lowest BCUT2D eigenvalue weighted by Crippen LogP contribution is -2.54. The van der Waals surface area contributed by atoms with Crippen LogP contribution < -0.4 is 0 Å². The third-order valence-electron chi connectivity index (χ3n) is 3.04. The molecule has 0 radical (unpaired) electrons. The van der Waals surface area contributed by atoms with E-state index in [0.29, 0.717) is 0 Å². The van der Waals surface area contributed by atoms with Crippen molar-refractivity contribution in [3.05, 3.63) is 24.3 Å². The molecule has 0 aromatic heterocycles. The van der Waals surface area contributed by atoms with Crippen LogP contribution in [0.1, 0.15) is 0 Å². The summed E-state index contributed by atoms with van der Waals surface area (Å²) in [6.07, 6.45) is -6.66. The van der Waals surface area contributed by atoms with Crippen LogP contribution in [-0.2, 0) is 0 Å². The quantitative estimate of drug-likeness (QED) is 0.440. The summed E-state index contributed by atoms with van der Waals surface area (Å²) in [6.45, 7) is 0. The summed E-state index contributed by atoms with van der Waals surface area (Å²) in [7, 11) is 0. The van der Waals surface area contributed by atoms with Gasteiger partial charge in [-0.1, -0.05) is 24.3 Å². The van der Waals surface area contributed by atoms with Crippen LogP contribution in [0.3, 0.4) is 0 Å². The third-order valence-corrected chi connectivity index (χ3v) is 3.04. The van der Waals surface area contributed by atoms with E-state index in [1.54, 1.807) is 0 Å². The van der Waals surface area contributed by atoms with Gasteiger partial charge in [-0.15, -0.1) is 0 Å². The highest BCUT2D eigenvalue weighted by atomic mass is 19.4. The van der Waals surface area contributed by atoms with Crippen LogP contribution in [0.4, 0.5) is 26.3 Å². The van der Waals surface area contributed by atoms with Gasteiger partial charge in [0.15, 0.2) is 5.41 Å². The van der Waals surface area contributed by atoms with Gasteiger partial charge in [0.2, 0.25) is 0 Å². The number of allylic oxidation sites excluding steroid dienone is 4. The third kappa shape index (κ3) is 1.05. The number of alkyl halides is 6. The highest BCUT2D eigenvalue weighted by molar-refractivity contribution is 5.34. The predicted octanol–water partition coefficient (Wildman–Crippen LogP) is 3.47. The van der Waals surface area contributed by atoms with E-state index >= 15 is 0 Å². The molecule has 6 heteroatoms. The molecule has 0 N–H and O–H groups in total. The Morgan fingerprint density at radius 1 is 0.667 bits per heavy atom. The van der Waals surface area contributed by atoms with Gasteiger partial charge in [0.25, 0.3) is 0 Å². The first kappa shape index (κ1) is 10.6. The maximum Gasteiger partial charge on any atom is 0.404 e. The monoisotopic (exact) mass is 228 g/mol. The van der Waals surface area contributed by atoms with Crippen LogP contribution in [0.25, 0.3) is 0 Å². The fraction of sp³-hybridized carbons (Fsp3) is 0.556. The van der Waals surface area contributed by atoms with Gasteiger partial charge in [-0.3, -0.25) is 0 Å². The Morgan fingerprint density at radius 2 is 0.933 bits per heavy atom. The molecule has 0 saturated carbocycles. The first-order valence-corrected chi connectivity index (χ1v) is 4.21. The predicted molar refractivity (Wildman–Crippen MR) is 39.8 cm³/mol. The average molecular weight is 228 g/mol. The van der Waals surface area contributed by atoms with Crippen molar-refractivity contribution < 1.29 is 26.3 Å². The van der Waals surface area contributed by atoms with Crippen molar-refractivity contribution in [2.45, 2.75) is 12.4 Å². The summed E-state index contributed by atoms with van der Waals surface area (Å²) in [4.78, 5) is 0. The molecule has 0 spiro atoms. The second-order valence-corrected chi connectivity index (χ2v) is 3.69. The molecule has 2 aliphatic carbocycles. The van der Waals surface area contributed by atoms with Crippen molar-refractivity contribution in [2.75, 3.05) is 0 Å². The van der Waals surface area contributed by atoms with Crippen molar-refractivity contribution in [2.24, 2.45) is 17.3 Å². The molecule has 0 fully saturated rings. The highest BCUT2D eigenvalue weighted by Crippen LogP contribution is 2.65. The van der Waals surface area contributed by atoms with Crippen molar-refractivity contribution in [1.82, 2.24) is 0 Å². The van der Waals surface area contributed by atoms with E-state index in [1.165, 1.54) is 0 Å². The molecule has 84 valence electrons. The Kier molecular flexibility index (Phi) is 1.83. The molecule has 0 aromatic rings. The summed E-state index contributed by atoms with van der Waals surface area (Å²) in [5.74, 6) is -3.22. The summed E-state index contributed by atoms with van der Waals surface area (Å²) in [6, 6.07) is 0. The van der Waals surface area contributed by atoms with Gasteiger partial charge >= 0.3 is 12.4 Å². The first-order valence-electron chi connectivity index (χ1n) is 4.21. The zero-order chi connectivity index (χ0) is 11.5. The number of hydrogen-bond acceptors (Lipinski definition) is 0. The molecule has 0 nitrogen and oxygen atoms in total. The van der Waals surface area contributed by atoms with Crippen LogP contribution in [0.5, 0.6) is 0 Å². The topological polar surface area (TPSA) is 0 Å². The van der Waals surface area contributed by atoms with E-state index in [1.807, 2.05) is 0 Å². The molecule has 0 aliphatic heterocycles. The zero-order valence-electron chi connectivity index (χ0n) is 7.23. The van der Waals surface area contributed by atoms with Gasteiger partial charge in [0, 0.05) is 11.8 Å². The molecule has 2 bridgehead atoms. The molecular weight excluding hydrogens is 222 g/mol. The van der Waals surface area contributed by atoms with E-state index < -0.39 is 29.6 Å². The lowest BCUT2D eigenvalue weighted by Gasteiger charge is -2.38. The Labute approximate surface area is 81.3 Å². The molecule has 0 heterocycles. The Hall–Kier alpha value is -0.940. The summed E-state index contributed by atoms with van der Waals surface area (Å²) < 4.78 is 75.9. The minimum Gasteiger partial charge on any atom is -0.170 e. The van der Waals surface area contributed by atoms with Gasteiger partial charge in [0.1, 0.15) is 0 Å². The second-order valence-electron chi connectivity index (χ2n) is 3.69. The smallest absolute Gasteiger partial charge is 0.170 e. The van der Waals surface area contributed by atoms with E-state index in [4.69, 9.17) is 0 Å². The SMILES string of the molecule is FC(F)(F)C1(C(F)(F)F)C2C=CC1C=C2. The van der Waals surface area contributed by atoms with Gasteiger partial charge in [0.05, 0.1) is 0 Å². The molecule has 0 unspecified atom stereocenters. The number of halogens is 6. The lowest BCUT2D eigenvalue weighted by atomic mass is 9.74. The highest BCUT2D eigenvalue weighted by Gasteiger charge is 2.78. The van der Waals surface area contributed by atoms with Crippen LogP contribution in [0.2, 0.25) is 0 Å². The molecule has 0 amide bonds. The normalized spacial score (nSPS) is 32.7. The van der Waals surface area contributed by atoms with E-state index in [-0.39, 0.29) is 0 Å². The molecule has 15 heavy (non-hydrogen) atoms. The molecule has 2 aliphatic rings. The summed E-state index contributed by atoms with van der Waals surface area (Å²) in [5, 5.41) is 0. The Bertz CT molecular complexity index is 285. The summed E-state index contributed by atoms with van der Waals surface area (Å²) >= 11 is 0. The van der Waals surface area contributed by atoms with Crippen LogP contribution in [-0.4, -0.2) is 12.4 Å². The van der Waals surface area contributed by atoms with Gasteiger partial charge in [-0.05, 0) is 0 Å². The van der Waals surface area contributed by atoms with Crippen LogP contribution >= 0.6 is 0 Å². The Morgan fingerprint density at radius 3 is 1.07 bits per heavy atom. The Balaban J connectivity index is 2.54. The van der Waals surface area contributed by atoms with Crippen LogP contribution in [0.15, 0.2) is 24.3 Å². The molecule has 0 aromatic carbocycles. The fourth-order valence-corrected chi connectivity index (χ4v) is 2.35. The molecular formula is C9H6F6. The van der Waals surface area contributed by atoms with Crippen molar-refractivity contribution in [3.8, 4) is 0 Å². The number of rotatable bonds is 0. The first-order chi connectivity index (χ1) is 6.71. The largest absolute Gasteiger partial charge is 0.404 e.